The molecule has 2 N–H and O–H groups in total. The molecule has 3 heterocycles. The van der Waals surface area contributed by atoms with Crippen molar-refractivity contribution in [2.75, 3.05) is 12.1 Å². The van der Waals surface area contributed by atoms with Crippen LogP contribution in [0.1, 0.15) is 49.3 Å². The van der Waals surface area contributed by atoms with Crippen LogP contribution in [0.25, 0.3) is 0 Å². The number of H-pyrrole nitrogens is 1. The van der Waals surface area contributed by atoms with Gasteiger partial charge in [0.15, 0.2) is 22.4 Å². The molecule has 0 fully saturated rings. The maximum atomic E-state index is 13.5. The Balaban J connectivity index is 1.44. The Kier molecular flexibility index (Phi) is 5.61. The number of hydrogen-bond acceptors (Lipinski definition) is 7. The minimum atomic E-state index is -0.548. The van der Waals surface area contributed by atoms with E-state index >= 15 is 0 Å². The van der Waals surface area contributed by atoms with Crippen LogP contribution in [0.15, 0.2) is 63.7 Å². The quantitative estimate of drug-likeness (QED) is 0.338. The summed E-state index contributed by atoms with van der Waals surface area (Å²) in [6.45, 7) is 4.31. The van der Waals surface area contributed by atoms with Crippen molar-refractivity contribution in [1.29, 1.82) is 0 Å². The van der Waals surface area contributed by atoms with Crippen LogP contribution in [-0.2, 0) is 10.5 Å². The number of carbonyl (C=O) groups is 1. The summed E-state index contributed by atoms with van der Waals surface area (Å²) in [6.07, 6.45) is 1.10. The van der Waals surface area contributed by atoms with E-state index < -0.39 is 5.92 Å². The van der Waals surface area contributed by atoms with Crippen LogP contribution in [0.4, 0.5) is 5.82 Å². The number of Topliss-reactive ketones (excluding diaryl/α,β-unsaturated/α-hetero) is 1. The van der Waals surface area contributed by atoms with Crippen LogP contribution in [-0.4, -0.2) is 22.5 Å². The number of hydrogen-bond donors (Lipinski definition) is 2. The van der Waals surface area contributed by atoms with E-state index in [0.717, 1.165) is 16.8 Å². The fourth-order valence-corrected chi connectivity index (χ4v) is 6.30. The number of nitrogens with zero attached hydrogens (tertiary/aromatic N) is 1. The van der Waals surface area contributed by atoms with Crippen molar-refractivity contribution in [3.05, 3.63) is 85.8 Å². The number of rotatable bonds is 4. The Morgan fingerprint density at radius 2 is 1.92 bits per heavy atom. The smallest absolute Gasteiger partial charge is 0.257 e. The number of ketones is 1. The number of thioether (sulfide) groups is 1. The first kappa shape index (κ1) is 23.2. The van der Waals surface area contributed by atoms with E-state index in [4.69, 9.17) is 26.1 Å². The number of benzene rings is 2. The third kappa shape index (κ3) is 4.08. The molecule has 7 nitrogen and oxygen atoms in total. The van der Waals surface area contributed by atoms with Gasteiger partial charge in [0.05, 0.1) is 5.56 Å². The van der Waals surface area contributed by atoms with E-state index in [0.29, 0.717) is 57.2 Å². The van der Waals surface area contributed by atoms with E-state index in [1.54, 1.807) is 0 Å². The molecule has 0 saturated carbocycles. The highest BCUT2D eigenvalue weighted by atomic mass is 35.5. The molecule has 3 aliphatic rings. The number of nitrogens with one attached hydrogen (secondary N) is 2. The van der Waals surface area contributed by atoms with Crippen LogP contribution in [0, 0.1) is 5.41 Å². The van der Waals surface area contributed by atoms with Gasteiger partial charge in [-0.3, -0.25) is 9.59 Å². The number of ether oxygens (including phenoxy) is 2. The second-order valence-corrected chi connectivity index (χ2v) is 11.4. The Bertz CT molecular complexity index is 1500. The minimum absolute atomic E-state index is 0.0404. The largest absolute Gasteiger partial charge is 0.454 e. The van der Waals surface area contributed by atoms with Crippen molar-refractivity contribution in [2.24, 2.45) is 5.41 Å². The topological polar surface area (TPSA) is 93.3 Å². The van der Waals surface area contributed by atoms with Crippen molar-refractivity contribution in [2.45, 2.75) is 43.5 Å². The van der Waals surface area contributed by atoms with E-state index in [1.807, 2.05) is 42.5 Å². The first-order valence-corrected chi connectivity index (χ1v) is 13.1. The molecular formula is C27H24ClN3O4S. The predicted octanol–water partition coefficient (Wildman–Crippen LogP) is 5.64. The molecule has 9 heteroatoms. The normalized spacial score (nSPS) is 19.5. The van der Waals surface area contributed by atoms with Crippen LogP contribution >= 0.6 is 23.4 Å². The zero-order valence-corrected chi connectivity index (χ0v) is 21.4. The Morgan fingerprint density at radius 3 is 2.75 bits per heavy atom. The lowest BCUT2D eigenvalue weighted by Gasteiger charge is -2.38. The number of aromatic nitrogens is 2. The Morgan fingerprint density at radius 1 is 1.11 bits per heavy atom. The lowest BCUT2D eigenvalue weighted by Crippen LogP contribution is -2.37. The van der Waals surface area contributed by atoms with Crippen LogP contribution in [0.3, 0.4) is 0 Å². The average molecular weight is 522 g/mol. The second-order valence-electron chi connectivity index (χ2n) is 10.0. The number of halogens is 1. The summed E-state index contributed by atoms with van der Waals surface area (Å²) in [5.41, 5.74) is 3.18. The first-order chi connectivity index (χ1) is 17.3. The summed E-state index contributed by atoms with van der Waals surface area (Å²) in [5, 5.41) is 4.52. The van der Waals surface area contributed by atoms with Crippen molar-refractivity contribution in [3.8, 4) is 11.5 Å². The van der Waals surface area contributed by atoms with Gasteiger partial charge in [0.1, 0.15) is 5.82 Å². The van der Waals surface area contributed by atoms with E-state index in [9.17, 15) is 9.59 Å². The molecule has 0 bridgehead atoms. The minimum Gasteiger partial charge on any atom is -0.454 e. The molecular weight excluding hydrogens is 498 g/mol. The van der Waals surface area contributed by atoms with Gasteiger partial charge in [0.2, 0.25) is 6.79 Å². The molecule has 0 saturated heterocycles. The van der Waals surface area contributed by atoms with Gasteiger partial charge in [-0.1, -0.05) is 61.5 Å². The fourth-order valence-electron chi connectivity index (χ4n) is 5.15. The van der Waals surface area contributed by atoms with Crippen molar-refractivity contribution in [1.82, 2.24) is 9.97 Å². The molecule has 1 aliphatic carbocycles. The van der Waals surface area contributed by atoms with Crippen LogP contribution < -0.4 is 20.3 Å². The predicted molar refractivity (Wildman–Crippen MR) is 139 cm³/mol. The molecule has 1 aromatic heterocycles. The van der Waals surface area contributed by atoms with Gasteiger partial charge in [-0.25, -0.2) is 4.98 Å². The van der Waals surface area contributed by atoms with Crippen molar-refractivity contribution < 1.29 is 14.3 Å². The zero-order chi connectivity index (χ0) is 25.0. The first-order valence-electron chi connectivity index (χ1n) is 11.7. The Labute approximate surface area is 217 Å². The van der Waals surface area contributed by atoms with E-state index in [-0.39, 0.29) is 23.6 Å². The van der Waals surface area contributed by atoms with Crippen LogP contribution in [0.2, 0.25) is 5.02 Å². The van der Waals surface area contributed by atoms with Crippen LogP contribution in [0.5, 0.6) is 11.5 Å². The molecule has 3 aromatic rings. The summed E-state index contributed by atoms with van der Waals surface area (Å²) >= 11 is 7.71. The number of allylic oxidation sites excluding steroid dienone is 2. The molecule has 2 aromatic carbocycles. The summed E-state index contributed by atoms with van der Waals surface area (Å²) in [5.74, 6) is 1.79. The van der Waals surface area contributed by atoms with Crippen molar-refractivity contribution in [3.63, 3.8) is 0 Å². The maximum absolute atomic E-state index is 13.5. The lowest BCUT2D eigenvalue weighted by atomic mass is 9.69. The maximum Gasteiger partial charge on any atom is 0.257 e. The zero-order valence-electron chi connectivity index (χ0n) is 19.8. The standard InChI is InChI=1S/C27H24ClN3O4S/c1-27(2)10-17-22(18(32)11-27)21(14-7-8-19-20(9-14)35-13-34-19)23-24(29-17)30-26(31-25(23)33)36-12-15-5-3-4-6-16(15)28/h3-9,21H,10-13H2,1-2H3,(H2,29,30,31,33). The summed E-state index contributed by atoms with van der Waals surface area (Å²) < 4.78 is 11.1. The van der Waals surface area contributed by atoms with E-state index in [2.05, 4.69) is 24.1 Å². The summed E-state index contributed by atoms with van der Waals surface area (Å²) in [7, 11) is 0. The third-order valence-electron chi connectivity index (χ3n) is 6.75. The van der Waals surface area contributed by atoms with Gasteiger partial charge in [-0.2, -0.15) is 0 Å². The van der Waals surface area contributed by atoms with Gasteiger partial charge in [-0.15, -0.1) is 0 Å². The number of anilines is 1. The summed E-state index contributed by atoms with van der Waals surface area (Å²) in [4.78, 5) is 34.7. The number of aromatic amines is 1. The monoisotopic (exact) mass is 521 g/mol. The molecule has 36 heavy (non-hydrogen) atoms. The SMILES string of the molecule is CC1(C)CC(=O)C2=C(C1)Nc1nc(SCc3ccccc3Cl)[nH]c(=O)c1C2c1ccc2c(c1)OCO2. The molecule has 0 amide bonds. The van der Waals surface area contributed by atoms with Crippen molar-refractivity contribution >= 4 is 35.0 Å². The van der Waals surface area contributed by atoms with Gasteiger partial charge < -0.3 is 19.8 Å². The molecule has 184 valence electrons. The highest BCUT2D eigenvalue weighted by Gasteiger charge is 2.42. The Hall–Kier alpha value is -3.23. The summed E-state index contributed by atoms with van der Waals surface area (Å²) in [6, 6.07) is 13.2. The van der Waals surface area contributed by atoms with Gasteiger partial charge in [0.25, 0.3) is 5.56 Å². The molecule has 1 unspecified atom stereocenters. The number of fused-ring (bicyclic) bond motifs is 2. The fraction of sp³-hybridized carbons (Fsp3) is 0.296. The molecule has 6 rings (SSSR count). The molecule has 2 aliphatic heterocycles. The van der Waals surface area contributed by atoms with Gasteiger partial charge in [0, 0.05) is 34.4 Å². The van der Waals surface area contributed by atoms with Gasteiger partial charge in [-0.05, 0) is 41.2 Å². The highest BCUT2D eigenvalue weighted by Crippen LogP contribution is 2.49. The lowest BCUT2D eigenvalue weighted by molar-refractivity contribution is -0.118. The molecule has 0 spiro atoms. The molecule has 1 atom stereocenters. The average Bonchev–Trinajstić information content (AvgIpc) is 3.29. The number of carbonyl (C=O) groups excluding carboxylic acids is 1. The molecule has 0 radical (unpaired) electrons. The second kappa shape index (κ2) is 8.71. The highest BCUT2D eigenvalue weighted by molar-refractivity contribution is 7.98. The third-order valence-corrected chi connectivity index (χ3v) is 8.04. The van der Waals surface area contributed by atoms with Gasteiger partial charge >= 0.3 is 0 Å². The van der Waals surface area contributed by atoms with E-state index in [1.165, 1.54) is 11.8 Å².